The summed E-state index contributed by atoms with van der Waals surface area (Å²) in [4.78, 5) is 16.6. The standard InChI is InChI=1S/C20H17ClF3N3O2S/c21-16-7-6-14(20(22,23)24)8-17(16)26-18(29)12-30-19-25-15(11-28)10-27(19)9-13-4-2-1-3-5-13/h1-8,10,28H,9,11-12H2,(H,26,29). The van der Waals surface area contributed by atoms with Gasteiger partial charge in [0.1, 0.15) is 0 Å². The summed E-state index contributed by atoms with van der Waals surface area (Å²) in [7, 11) is 0. The Morgan fingerprint density at radius 1 is 1.20 bits per heavy atom. The lowest BCUT2D eigenvalue weighted by molar-refractivity contribution is -0.137. The molecule has 0 aliphatic rings. The molecule has 1 amide bonds. The molecule has 0 bridgehead atoms. The fourth-order valence-corrected chi connectivity index (χ4v) is 3.61. The number of alkyl halides is 3. The number of anilines is 1. The van der Waals surface area contributed by atoms with Gasteiger partial charge in [-0.2, -0.15) is 13.2 Å². The molecule has 0 fully saturated rings. The van der Waals surface area contributed by atoms with Crippen molar-refractivity contribution in [3.05, 3.63) is 76.6 Å². The zero-order valence-electron chi connectivity index (χ0n) is 15.5. The Kier molecular flexibility index (Phi) is 7.06. The van der Waals surface area contributed by atoms with Crippen LogP contribution in [0.5, 0.6) is 0 Å². The van der Waals surface area contributed by atoms with E-state index in [0.717, 1.165) is 35.5 Å². The normalized spacial score (nSPS) is 11.5. The van der Waals surface area contributed by atoms with Gasteiger partial charge in [0.2, 0.25) is 5.91 Å². The van der Waals surface area contributed by atoms with Crippen molar-refractivity contribution < 1.29 is 23.1 Å². The van der Waals surface area contributed by atoms with Crippen molar-refractivity contribution in [2.45, 2.75) is 24.5 Å². The lowest BCUT2D eigenvalue weighted by atomic mass is 10.2. The van der Waals surface area contributed by atoms with Crippen LogP contribution in [0.15, 0.2) is 59.9 Å². The number of nitrogens with zero attached hydrogens (tertiary/aromatic N) is 2. The van der Waals surface area contributed by atoms with Crippen LogP contribution in [0.1, 0.15) is 16.8 Å². The molecule has 0 radical (unpaired) electrons. The van der Waals surface area contributed by atoms with Gasteiger partial charge >= 0.3 is 6.18 Å². The third-order valence-electron chi connectivity index (χ3n) is 4.05. The Morgan fingerprint density at radius 3 is 2.60 bits per heavy atom. The Hall–Kier alpha value is -2.49. The highest BCUT2D eigenvalue weighted by Gasteiger charge is 2.31. The first kappa shape index (κ1) is 22.2. The van der Waals surface area contributed by atoms with Crippen LogP contribution in [-0.4, -0.2) is 26.3 Å². The maximum atomic E-state index is 12.9. The Labute approximate surface area is 179 Å². The molecule has 1 heterocycles. The lowest BCUT2D eigenvalue weighted by Crippen LogP contribution is -2.16. The number of aliphatic hydroxyl groups excluding tert-OH is 1. The molecule has 30 heavy (non-hydrogen) atoms. The number of nitrogens with one attached hydrogen (secondary N) is 1. The molecule has 1 aromatic heterocycles. The SMILES string of the molecule is O=C(CSc1nc(CO)cn1Cc1ccccc1)Nc1cc(C(F)(F)F)ccc1Cl. The first-order valence-electron chi connectivity index (χ1n) is 8.76. The number of hydrogen-bond donors (Lipinski definition) is 2. The molecule has 0 atom stereocenters. The summed E-state index contributed by atoms with van der Waals surface area (Å²) in [6, 6.07) is 12.3. The van der Waals surface area contributed by atoms with E-state index in [1.165, 1.54) is 0 Å². The van der Waals surface area contributed by atoms with Gasteiger partial charge in [-0.15, -0.1) is 0 Å². The third kappa shape index (κ3) is 5.78. The van der Waals surface area contributed by atoms with Gasteiger partial charge in [0.25, 0.3) is 0 Å². The molecule has 3 rings (SSSR count). The Morgan fingerprint density at radius 2 is 1.93 bits per heavy atom. The summed E-state index contributed by atoms with van der Waals surface area (Å²) in [5.41, 5.74) is 0.456. The van der Waals surface area contributed by atoms with Crippen molar-refractivity contribution in [3.63, 3.8) is 0 Å². The van der Waals surface area contributed by atoms with E-state index in [9.17, 15) is 23.1 Å². The second-order valence-electron chi connectivity index (χ2n) is 6.32. The Balaban J connectivity index is 1.68. The van der Waals surface area contributed by atoms with Crippen molar-refractivity contribution in [3.8, 4) is 0 Å². The van der Waals surface area contributed by atoms with E-state index in [4.69, 9.17) is 11.6 Å². The average molecular weight is 456 g/mol. The van der Waals surface area contributed by atoms with Crippen molar-refractivity contribution in [1.82, 2.24) is 9.55 Å². The first-order chi connectivity index (χ1) is 14.3. The van der Waals surface area contributed by atoms with Crippen molar-refractivity contribution in [1.29, 1.82) is 0 Å². The van der Waals surface area contributed by atoms with E-state index in [2.05, 4.69) is 10.3 Å². The maximum Gasteiger partial charge on any atom is 0.416 e. The van der Waals surface area contributed by atoms with Crippen LogP contribution in [-0.2, 0) is 24.1 Å². The lowest BCUT2D eigenvalue weighted by Gasteiger charge is -2.12. The second-order valence-corrected chi connectivity index (χ2v) is 7.67. The van der Waals surface area contributed by atoms with E-state index in [1.54, 1.807) is 10.8 Å². The number of carbonyl (C=O) groups is 1. The van der Waals surface area contributed by atoms with Crippen molar-refractivity contribution in [2.75, 3.05) is 11.1 Å². The number of rotatable bonds is 7. The number of hydrogen-bond acceptors (Lipinski definition) is 4. The van der Waals surface area contributed by atoms with Crippen molar-refractivity contribution in [2.24, 2.45) is 0 Å². The number of benzene rings is 2. The highest BCUT2D eigenvalue weighted by molar-refractivity contribution is 7.99. The van der Waals surface area contributed by atoms with E-state index in [-0.39, 0.29) is 23.1 Å². The quantitative estimate of drug-likeness (QED) is 0.501. The van der Waals surface area contributed by atoms with E-state index < -0.39 is 17.6 Å². The average Bonchev–Trinajstić information content (AvgIpc) is 3.10. The van der Waals surface area contributed by atoms with Crippen LogP contribution in [0.25, 0.3) is 0 Å². The van der Waals surface area contributed by atoms with Crippen LogP contribution < -0.4 is 5.32 Å². The van der Waals surface area contributed by atoms with Gasteiger partial charge in [-0.25, -0.2) is 4.98 Å². The molecule has 10 heteroatoms. The summed E-state index contributed by atoms with van der Waals surface area (Å²) in [5.74, 6) is -0.621. The number of aliphatic hydroxyl groups is 1. The summed E-state index contributed by atoms with van der Waals surface area (Å²) in [6.45, 7) is 0.249. The molecular weight excluding hydrogens is 439 g/mol. The molecule has 0 aliphatic carbocycles. The van der Waals surface area contributed by atoms with E-state index in [0.29, 0.717) is 17.4 Å². The molecule has 2 N–H and O–H groups in total. The fraction of sp³-hybridized carbons (Fsp3) is 0.200. The van der Waals surface area contributed by atoms with Gasteiger partial charge in [-0.3, -0.25) is 4.79 Å². The molecule has 0 spiro atoms. The number of imidazole rings is 1. The summed E-state index contributed by atoms with van der Waals surface area (Å²) in [6.07, 6.45) is -2.85. The smallest absolute Gasteiger partial charge is 0.390 e. The summed E-state index contributed by atoms with van der Waals surface area (Å²) in [5, 5.41) is 12.3. The third-order valence-corrected chi connectivity index (χ3v) is 5.37. The molecule has 3 aromatic rings. The summed E-state index contributed by atoms with van der Waals surface area (Å²) < 4.78 is 40.4. The molecule has 0 unspecified atom stereocenters. The number of carbonyl (C=O) groups excluding carboxylic acids is 1. The molecule has 0 aliphatic heterocycles. The molecule has 2 aromatic carbocycles. The Bertz CT molecular complexity index is 1030. The minimum absolute atomic E-state index is 0.00879. The van der Waals surface area contributed by atoms with Crippen LogP contribution in [0.2, 0.25) is 5.02 Å². The molecule has 158 valence electrons. The van der Waals surface area contributed by atoms with Crippen LogP contribution in [0, 0.1) is 0 Å². The van der Waals surface area contributed by atoms with Gasteiger partial charge in [-0.05, 0) is 23.8 Å². The predicted molar refractivity (Wildman–Crippen MR) is 110 cm³/mol. The molecule has 0 saturated heterocycles. The minimum atomic E-state index is -4.54. The highest BCUT2D eigenvalue weighted by atomic mass is 35.5. The highest BCUT2D eigenvalue weighted by Crippen LogP contribution is 2.34. The zero-order valence-corrected chi connectivity index (χ0v) is 17.1. The summed E-state index contributed by atoms with van der Waals surface area (Å²) >= 11 is 7.02. The zero-order chi connectivity index (χ0) is 21.7. The molecule has 0 saturated carbocycles. The van der Waals surface area contributed by atoms with Gasteiger partial charge in [0, 0.05) is 12.7 Å². The number of halogens is 4. The van der Waals surface area contributed by atoms with E-state index in [1.807, 2.05) is 30.3 Å². The predicted octanol–water partition coefficient (Wildman–Crippen LogP) is 4.83. The van der Waals surface area contributed by atoms with Gasteiger partial charge < -0.3 is 15.0 Å². The first-order valence-corrected chi connectivity index (χ1v) is 10.1. The van der Waals surface area contributed by atoms with Crippen LogP contribution in [0.4, 0.5) is 18.9 Å². The van der Waals surface area contributed by atoms with Crippen LogP contribution >= 0.6 is 23.4 Å². The monoisotopic (exact) mass is 455 g/mol. The second kappa shape index (κ2) is 9.55. The topological polar surface area (TPSA) is 67.1 Å². The van der Waals surface area contributed by atoms with Gasteiger partial charge in [0.05, 0.1) is 34.3 Å². The number of amides is 1. The maximum absolute atomic E-state index is 12.9. The fourth-order valence-electron chi connectivity index (χ4n) is 2.65. The molecule has 5 nitrogen and oxygen atoms in total. The van der Waals surface area contributed by atoms with Crippen molar-refractivity contribution >= 4 is 35.0 Å². The molecular formula is C20H17ClF3N3O2S. The van der Waals surface area contributed by atoms with Crippen LogP contribution in [0.3, 0.4) is 0 Å². The van der Waals surface area contributed by atoms with Gasteiger partial charge in [-0.1, -0.05) is 53.7 Å². The van der Waals surface area contributed by atoms with Gasteiger partial charge in [0.15, 0.2) is 5.16 Å². The minimum Gasteiger partial charge on any atom is -0.390 e. The van der Waals surface area contributed by atoms with E-state index >= 15 is 0 Å². The number of aromatic nitrogens is 2. The number of thioether (sulfide) groups is 1. The largest absolute Gasteiger partial charge is 0.416 e.